The maximum atomic E-state index is 6.30. The number of hydrogen-bond acceptors (Lipinski definition) is 2. The molecule has 3 heteroatoms. The normalized spacial score (nSPS) is 14.1. The summed E-state index contributed by atoms with van der Waals surface area (Å²) in [5.74, 6) is 0. The first-order valence-electron chi connectivity index (χ1n) is 7.02. The van der Waals surface area contributed by atoms with E-state index in [1.165, 1.54) is 0 Å². The Bertz CT molecular complexity index is 200. The molecule has 0 fully saturated rings. The van der Waals surface area contributed by atoms with Gasteiger partial charge in [0.05, 0.1) is 0 Å². The van der Waals surface area contributed by atoms with E-state index in [1.54, 1.807) is 0 Å². The molecule has 0 N–H and O–H groups in total. The molecular formula is C14H32O2Si. The Balaban J connectivity index is 5.58. The second kappa shape index (κ2) is 6.35. The van der Waals surface area contributed by atoms with Crippen LogP contribution in [0.4, 0.5) is 0 Å². The van der Waals surface area contributed by atoms with E-state index in [9.17, 15) is 0 Å². The highest BCUT2D eigenvalue weighted by Gasteiger charge is 2.60. The third-order valence-electron chi connectivity index (χ3n) is 4.24. The summed E-state index contributed by atoms with van der Waals surface area (Å²) in [7, 11) is -2.25. The highest BCUT2D eigenvalue weighted by Crippen LogP contribution is 2.55. The molecule has 0 saturated heterocycles. The lowest BCUT2D eigenvalue weighted by molar-refractivity contribution is 0.129. The molecule has 17 heavy (non-hydrogen) atoms. The van der Waals surface area contributed by atoms with Gasteiger partial charge in [0, 0.05) is 23.3 Å². The van der Waals surface area contributed by atoms with Crippen LogP contribution in [0.3, 0.4) is 0 Å². The monoisotopic (exact) mass is 260 g/mol. The van der Waals surface area contributed by atoms with Crippen LogP contribution >= 0.6 is 0 Å². The molecule has 0 radical (unpaired) electrons. The third-order valence-corrected chi connectivity index (χ3v) is 9.91. The van der Waals surface area contributed by atoms with Crippen LogP contribution in [0.5, 0.6) is 0 Å². The van der Waals surface area contributed by atoms with Gasteiger partial charge in [-0.1, -0.05) is 41.5 Å². The zero-order valence-electron chi connectivity index (χ0n) is 13.1. The van der Waals surface area contributed by atoms with Crippen LogP contribution < -0.4 is 0 Å². The summed E-state index contributed by atoms with van der Waals surface area (Å²) in [5.41, 5.74) is 0. The largest absolute Gasteiger partial charge is 0.394 e. The van der Waals surface area contributed by atoms with Gasteiger partial charge in [0.25, 0.3) is 0 Å². The third kappa shape index (κ3) is 3.12. The molecule has 0 rings (SSSR count). The maximum absolute atomic E-state index is 6.30. The van der Waals surface area contributed by atoms with E-state index in [1.807, 2.05) is 0 Å². The van der Waals surface area contributed by atoms with Crippen molar-refractivity contribution in [3.8, 4) is 0 Å². The predicted octanol–water partition coefficient (Wildman–Crippen LogP) is 4.88. The lowest BCUT2D eigenvalue weighted by atomic mass is 10.1. The fourth-order valence-electron chi connectivity index (χ4n) is 2.61. The second-order valence-electron chi connectivity index (χ2n) is 5.96. The molecule has 0 bridgehead atoms. The van der Waals surface area contributed by atoms with Crippen LogP contribution in [-0.2, 0) is 8.85 Å². The SMILES string of the molecule is CCO[Si](OCC)(C(C)(C)CC)C(C)(C)CC. The number of rotatable bonds is 8. The van der Waals surface area contributed by atoms with E-state index in [4.69, 9.17) is 8.85 Å². The lowest BCUT2D eigenvalue weighted by Crippen LogP contribution is -2.58. The molecule has 104 valence electrons. The minimum Gasteiger partial charge on any atom is -0.394 e. The van der Waals surface area contributed by atoms with Gasteiger partial charge in [0.2, 0.25) is 0 Å². The molecule has 0 aromatic carbocycles. The summed E-state index contributed by atoms with van der Waals surface area (Å²) in [6.45, 7) is 19.4. The van der Waals surface area contributed by atoms with Crippen LogP contribution in [-0.4, -0.2) is 21.8 Å². The Morgan fingerprint density at radius 1 is 0.706 bits per heavy atom. The molecular weight excluding hydrogens is 228 g/mol. The summed E-state index contributed by atoms with van der Waals surface area (Å²) in [5, 5.41) is 0.275. The standard InChI is InChI=1S/C14H32O2Si/c1-9-13(5,6)17(15-11-3,16-12-4)14(7,8)10-2/h9-12H2,1-8H3. The Hall–Kier alpha value is 0.137. The van der Waals surface area contributed by atoms with Gasteiger partial charge in [-0.3, -0.25) is 0 Å². The fraction of sp³-hybridized carbons (Fsp3) is 1.00. The molecule has 0 amide bonds. The van der Waals surface area contributed by atoms with Crippen LogP contribution in [0.1, 0.15) is 68.2 Å². The van der Waals surface area contributed by atoms with Crippen LogP contribution in [0, 0.1) is 0 Å². The van der Waals surface area contributed by atoms with E-state index in [-0.39, 0.29) is 10.1 Å². The second-order valence-corrected chi connectivity index (χ2v) is 10.5. The fourth-order valence-corrected chi connectivity index (χ4v) is 7.83. The van der Waals surface area contributed by atoms with Crippen LogP contribution in [0.2, 0.25) is 10.1 Å². The Labute approximate surface area is 109 Å². The average molecular weight is 260 g/mol. The highest BCUT2D eigenvalue weighted by molar-refractivity contribution is 6.73. The van der Waals surface area contributed by atoms with Crippen molar-refractivity contribution >= 4 is 8.56 Å². The van der Waals surface area contributed by atoms with Gasteiger partial charge < -0.3 is 8.85 Å². The lowest BCUT2D eigenvalue weighted by Gasteiger charge is -2.51. The van der Waals surface area contributed by atoms with Crippen LogP contribution in [0.15, 0.2) is 0 Å². The van der Waals surface area contributed by atoms with Crippen molar-refractivity contribution in [2.24, 2.45) is 0 Å². The van der Waals surface area contributed by atoms with Crippen molar-refractivity contribution in [1.29, 1.82) is 0 Å². The van der Waals surface area contributed by atoms with Gasteiger partial charge in [-0.2, -0.15) is 0 Å². The molecule has 0 aromatic rings. The summed E-state index contributed by atoms with van der Waals surface area (Å²) < 4.78 is 12.6. The Morgan fingerprint density at radius 3 is 1.18 bits per heavy atom. The molecule has 0 aliphatic rings. The van der Waals surface area contributed by atoms with Crippen molar-refractivity contribution in [2.45, 2.75) is 78.3 Å². The van der Waals surface area contributed by atoms with Gasteiger partial charge in [0.15, 0.2) is 0 Å². The maximum Gasteiger partial charge on any atom is 0.349 e. The number of hydrogen-bond donors (Lipinski definition) is 0. The first kappa shape index (κ1) is 17.1. The zero-order chi connectivity index (χ0) is 13.7. The predicted molar refractivity (Wildman–Crippen MR) is 77.7 cm³/mol. The van der Waals surface area contributed by atoms with E-state index in [0.29, 0.717) is 0 Å². The van der Waals surface area contributed by atoms with Crippen LogP contribution in [0.25, 0.3) is 0 Å². The van der Waals surface area contributed by atoms with Gasteiger partial charge in [-0.25, -0.2) is 0 Å². The highest BCUT2D eigenvalue weighted by atomic mass is 28.4. The smallest absolute Gasteiger partial charge is 0.349 e. The Morgan fingerprint density at radius 2 is 1.00 bits per heavy atom. The van der Waals surface area contributed by atoms with Gasteiger partial charge in [-0.05, 0) is 26.7 Å². The quantitative estimate of drug-likeness (QED) is 0.579. The van der Waals surface area contributed by atoms with Crippen molar-refractivity contribution in [1.82, 2.24) is 0 Å². The first-order valence-corrected chi connectivity index (χ1v) is 8.84. The average Bonchev–Trinajstić information content (AvgIpc) is 2.28. The van der Waals surface area contributed by atoms with Crippen molar-refractivity contribution in [2.75, 3.05) is 13.2 Å². The van der Waals surface area contributed by atoms with Gasteiger partial charge in [-0.15, -0.1) is 0 Å². The van der Waals surface area contributed by atoms with E-state index < -0.39 is 8.56 Å². The van der Waals surface area contributed by atoms with Crippen molar-refractivity contribution in [3.05, 3.63) is 0 Å². The first-order chi connectivity index (χ1) is 7.74. The van der Waals surface area contributed by atoms with Gasteiger partial charge >= 0.3 is 8.56 Å². The van der Waals surface area contributed by atoms with E-state index in [2.05, 4.69) is 55.4 Å². The summed E-state index contributed by atoms with van der Waals surface area (Å²) in [6, 6.07) is 0. The Kier molecular flexibility index (Phi) is 6.40. The van der Waals surface area contributed by atoms with Crippen molar-refractivity contribution in [3.63, 3.8) is 0 Å². The molecule has 0 unspecified atom stereocenters. The molecule has 2 nitrogen and oxygen atoms in total. The molecule has 0 heterocycles. The molecule has 0 aromatic heterocycles. The minimum absolute atomic E-state index is 0.137. The summed E-state index contributed by atoms with van der Waals surface area (Å²) >= 11 is 0. The summed E-state index contributed by atoms with van der Waals surface area (Å²) in [4.78, 5) is 0. The minimum atomic E-state index is -2.25. The molecule has 0 atom stereocenters. The molecule has 0 spiro atoms. The summed E-state index contributed by atoms with van der Waals surface area (Å²) in [6.07, 6.45) is 2.20. The zero-order valence-corrected chi connectivity index (χ0v) is 14.1. The van der Waals surface area contributed by atoms with Gasteiger partial charge in [0.1, 0.15) is 0 Å². The van der Waals surface area contributed by atoms with E-state index in [0.717, 1.165) is 26.1 Å². The topological polar surface area (TPSA) is 18.5 Å². The van der Waals surface area contributed by atoms with Crippen molar-refractivity contribution < 1.29 is 8.85 Å². The molecule has 0 aliphatic carbocycles. The molecule has 0 saturated carbocycles. The molecule has 0 aliphatic heterocycles. The van der Waals surface area contributed by atoms with E-state index >= 15 is 0 Å².